The second-order valence-electron chi connectivity index (χ2n) is 6.35. The zero-order valence-electron chi connectivity index (χ0n) is 15.0. The van der Waals surface area contributed by atoms with Crippen molar-refractivity contribution < 1.29 is 4.79 Å². The van der Waals surface area contributed by atoms with E-state index in [1.165, 1.54) is 0 Å². The molecule has 4 rings (SSSR count). The highest BCUT2D eigenvalue weighted by atomic mass is 35.5. The highest BCUT2D eigenvalue weighted by Gasteiger charge is 2.29. The number of aromatic nitrogens is 2. The number of hydrogen-bond donors (Lipinski definition) is 1. The van der Waals surface area contributed by atoms with E-state index in [9.17, 15) is 4.79 Å². The summed E-state index contributed by atoms with van der Waals surface area (Å²) in [7, 11) is 0. The van der Waals surface area contributed by atoms with Gasteiger partial charge in [-0.15, -0.1) is 24.8 Å². The maximum absolute atomic E-state index is 13.2. The van der Waals surface area contributed by atoms with Crippen LogP contribution < -0.4 is 5.32 Å². The first-order valence-corrected chi connectivity index (χ1v) is 8.52. The van der Waals surface area contributed by atoms with Gasteiger partial charge in [0.05, 0.1) is 11.6 Å². The third kappa shape index (κ3) is 4.21. The lowest BCUT2D eigenvalue weighted by Crippen LogP contribution is -2.48. The lowest BCUT2D eigenvalue weighted by atomic mass is 10.0. The van der Waals surface area contributed by atoms with E-state index in [-0.39, 0.29) is 36.8 Å². The average molecular weight is 405 g/mol. The molecule has 0 aliphatic carbocycles. The van der Waals surface area contributed by atoms with Crippen molar-refractivity contribution in [3.63, 3.8) is 0 Å². The Hall–Kier alpha value is -2.21. The maximum Gasteiger partial charge on any atom is 0.273 e. The van der Waals surface area contributed by atoms with E-state index in [0.717, 1.165) is 35.1 Å². The molecular weight excluding hydrogens is 383 g/mol. The number of benzene rings is 1. The van der Waals surface area contributed by atoms with Crippen LogP contribution in [0.3, 0.4) is 0 Å². The highest BCUT2D eigenvalue weighted by Crippen LogP contribution is 2.25. The van der Waals surface area contributed by atoms with Crippen molar-refractivity contribution in [2.75, 3.05) is 19.6 Å². The summed E-state index contributed by atoms with van der Waals surface area (Å²) in [5, 5.41) is 4.45. The summed E-state index contributed by atoms with van der Waals surface area (Å²) >= 11 is 0. The van der Waals surface area contributed by atoms with Crippen LogP contribution in [0, 0.1) is 6.92 Å². The number of amides is 1. The number of carbonyl (C=O) groups is 1. The largest absolute Gasteiger partial charge is 0.328 e. The Morgan fingerprint density at radius 3 is 2.78 bits per heavy atom. The minimum Gasteiger partial charge on any atom is -0.328 e. The minimum atomic E-state index is -0.0245. The number of nitrogens with zero attached hydrogens (tertiary/aromatic N) is 3. The topological polar surface area (TPSA) is 58.1 Å². The van der Waals surface area contributed by atoms with Crippen LogP contribution in [-0.2, 0) is 0 Å². The van der Waals surface area contributed by atoms with Crippen molar-refractivity contribution in [3.05, 3.63) is 71.7 Å². The number of halogens is 2. The molecule has 1 unspecified atom stereocenters. The summed E-state index contributed by atoms with van der Waals surface area (Å²) in [4.78, 5) is 23.9. The number of rotatable bonds is 2. The summed E-state index contributed by atoms with van der Waals surface area (Å²) in [5.74, 6) is -0.0239. The van der Waals surface area contributed by atoms with Crippen molar-refractivity contribution in [1.82, 2.24) is 20.2 Å². The Morgan fingerprint density at radius 1 is 1.19 bits per heavy atom. The van der Waals surface area contributed by atoms with Gasteiger partial charge in [-0.3, -0.25) is 9.78 Å². The van der Waals surface area contributed by atoms with Crippen LogP contribution in [0.5, 0.6) is 0 Å². The van der Waals surface area contributed by atoms with Gasteiger partial charge in [-0.25, -0.2) is 4.98 Å². The fraction of sp³-hybridized carbons (Fsp3) is 0.250. The molecule has 1 aliphatic rings. The van der Waals surface area contributed by atoms with Crippen LogP contribution in [-0.4, -0.2) is 40.4 Å². The zero-order valence-corrected chi connectivity index (χ0v) is 16.6. The fourth-order valence-corrected chi connectivity index (χ4v) is 3.42. The van der Waals surface area contributed by atoms with Crippen LogP contribution in [0.4, 0.5) is 0 Å². The number of aryl methyl sites for hydroxylation is 1. The van der Waals surface area contributed by atoms with Gasteiger partial charge in [-0.05, 0) is 36.2 Å². The van der Waals surface area contributed by atoms with Gasteiger partial charge in [0.1, 0.15) is 5.69 Å². The van der Waals surface area contributed by atoms with Gasteiger partial charge >= 0.3 is 0 Å². The summed E-state index contributed by atoms with van der Waals surface area (Å²) < 4.78 is 0. The molecule has 0 spiro atoms. The van der Waals surface area contributed by atoms with Gasteiger partial charge in [0.25, 0.3) is 5.91 Å². The van der Waals surface area contributed by atoms with E-state index in [4.69, 9.17) is 0 Å². The molecule has 27 heavy (non-hydrogen) atoms. The van der Waals surface area contributed by atoms with Gasteiger partial charge < -0.3 is 10.2 Å². The van der Waals surface area contributed by atoms with Gasteiger partial charge in [-0.2, -0.15) is 0 Å². The highest BCUT2D eigenvalue weighted by molar-refractivity contribution is 5.96. The van der Waals surface area contributed by atoms with Crippen LogP contribution in [0.25, 0.3) is 10.9 Å². The van der Waals surface area contributed by atoms with Crippen LogP contribution in [0.15, 0.2) is 54.9 Å². The molecule has 1 fully saturated rings. The number of para-hydroxylation sites is 1. The fourth-order valence-electron chi connectivity index (χ4n) is 3.42. The first kappa shape index (κ1) is 21.1. The third-order valence-corrected chi connectivity index (χ3v) is 4.72. The molecule has 3 aromatic rings. The predicted octanol–water partition coefficient (Wildman–Crippen LogP) is 3.57. The van der Waals surface area contributed by atoms with Crippen LogP contribution >= 0.6 is 24.8 Å². The molecule has 1 N–H and O–H groups in total. The standard InChI is InChI=1S/C20H20N4O.2ClH/c1-14-11-18(23-17-7-3-2-6-16(14)17)20(25)24-10-9-22-13-19(24)15-5-4-8-21-12-15;;/h2-8,11-12,19,22H,9-10,13H2,1H3;2*1H. The van der Waals surface area contributed by atoms with Crippen LogP contribution in [0.1, 0.15) is 27.7 Å². The normalized spacial score (nSPS) is 16.3. The van der Waals surface area contributed by atoms with Gasteiger partial charge in [0, 0.05) is 37.4 Å². The summed E-state index contributed by atoms with van der Waals surface area (Å²) in [6, 6.07) is 13.7. The Bertz CT molecular complexity index is 920. The zero-order chi connectivity index (χ0) is 17.2. The molecule has 1 aliphatic heterocycles. The second kappa shape index (κ2) is 9.13. The number of carbonyl (C=O) groups excluding carboxylic acids is 1. The maximum atomic E-state index is 13.2. The summed E-state index contributed by atoms with van der Waals surface area (Å²) in [5.41, 5.74) is 3.48. The van der Waals surface area contributed by atoms with Gasteiger partial charge in [-0.1, -0.05) is 24.3 Å². The lowest BCUT2D eigenvalue weighted by molar-refractivity contribution is 0.0628. The van der Waals surface area contributed by atoms with E-state index in [0.29, 0.717) is 12.2 Å². The van der Waals surface area contributed by atoms with E-state index >= 15 is 0 Å². The Labute approximate surface area is 171 Å². The summed E-state index contributed by atoms with van der Waals surface area (Å²) in [6.45, 7) is 4.20. The molecule has 7 heteroatoms. The van der Waals surface area contributed by atoms with Crippen molar-refractivity contribution in [3.8, 4) is 0 Å². The Morgan fingerprint density at radius 2 is 2.00 bits per heavy atom. The Balaban J connectivity index is 0.00000131. The van der Waals surface area contributed by atoms with Crippen molar-refractivity contribution in [1.29, 1.82) is 0 Å². The SMILES string of the molecule is Cc1cc(C(=O)N2CCNCC2c2cccnc2)nc2ccccc12.Cl.Cl. The van der Waals surface area contributed by atoms with Crippen molar-refractivity contribution in [2.45, 2.75) is 13.0 Å². The molecule has 2 aromatic heterocycles. The number of hydrogen-bond acceptors (Lipinski definition) is 4. The lowest BCUT2D eigenvalue weighted by Gasteiger charge is -2.36. The van der Waals surface area contributed by atoms with Crippen molar-refractivity contribution in [2.24, 2.45) is 0 Å². The smallest absolute Gasteiger partial charge is 0.273 e. The van der Waals surface area contributed by atoms with Gasteiger partial charge in [0.15, 0.2) is 0 Å². The van der Waals surface area contributed by atoms with Crippen molar-refractivity contribution >= 4 is 41.6 Å². The van der Waals surface area contributed by atoms with E-state index < -0.39 is 0 Å². The first-order chi connectivity index (χ1) is 12.2. The van der Waals surface area contributed by atoms with E-state index in [2.05, 4.69) is 15.3 Å². The number of pyridine rings is 2. The van der Waals surface area contributed by atoms with Crippen LogP contribution in [0.2, 0.25) is 0 Å². The van der Waals surface area contributed by atoms with E-state index in [1.54, 1.807) is 6.20 Å². The third-order valence-electron chi connectivity index (χ3n) is 4.72. The average Bonchev–Trinajstić information content (AvgIpc) is 2.68. The predicted molar refractivity (Wildman–Crippen MR) is 112 cm³/mol. The summed E-state index contributed by atoms with van der Waals surface area (Å²) in [6.07, 6.45) is 3.58. The molecule has 0 saturated carbocycles. The molecule has 1 saturated heterocycles. The second-order valence-corrected chi connectivity index (χ2v) is 6.35. The molecule has 5 nitrogen and oxygen atoms in total. The number of piperazine rings is 1. The molecule has 142 valence electrons. The Kier molecular flexibility index (Phi) is 7.13. The molecule has 1 amide bonds. The van der Waals surface area contributed by atoms with Gasteiger partial charge in [0.2, 0.25) is 0 Å². The first-order valence-electron chi connectivity index (χ1n) is 8.52. The molecular formula is C20H22Cl2N4O. The minimum absolute atomic E-state index is 0. The number of nitrogens with one attached hydrogen (secondary N) is 1. The molecule has 1 aromatic carbocycles. The number of fused-ring (bicyclic) bond motifs is 1. The molecule has 0 radical (unpaired) electrons. The van der Waals surface area contributed by atoms with E-state index in [1.807, 2.05) is 60.5 Å². The monoisotopic (exact) mass is 404 g/mol. The molecule has 0 bridgehead atoms. The molecule has 1 atom stereocenters. The molecule has 3 heterocycles. The quantitative estimate of drug-likeness (QED) is 0.708.